The second-order valence-electron chi connectivity index (χ2n) is 5.22. The number of nitrogens with one attached hydrogen (secondary N) is 1. The van der Waals surface area contributed by atoms with Crippen LogP contribution in [0.5, 0.6) is 5.75 Å². The molecule has 0 heterocycles. The zero-order chi connectivity index (χ0) is 13.8. The Labute approximate surface area is 108 Å². The van der Waals surface area contributed by atoms with E-state index in [4.69, 9.17) is 10.00 Å². The van der Waals surface area contributed by atoms with Crippen LogP contribution in [0.2, 0.25) is 0 Å². The zero-order valence-electron chi connectivity index (χ0n) is 11.2. The summed E-state index contributed by atoms with van der Waals surface area (Å²) in [6, 6.07) is 6.69. The van der Waals surface area contributed by atoms with E-state index in [1.54, 1.807) is 19.1 Å². The molecule has 0 aliphatic carbocycles. The van der Waals surface area contributed by atoms with Crippen molar-refractivity contribution in [3.8, 4) is 11.8 Å². The predicted octanol–water partition coefficient (Wildman–Crippen LogP) is 3.00. The molecule has 1 unspecified atom stereocenters. The second-order valence-corrected chi connectivity index (χ2v) is 5.22. The number of ether oxygens (including phenoxy) is 1. The molecule has 0 spiro atoms. The van der Waals surface area contributed by atoms with Gasteiger partial charge in [-0.1, -0.05) is 12.1 Å². The molecule has 98 valence electrons. The Hall–Kier alpha value is -1.60. The van der Waals surface area contributed by atoms with Gasteiger partial charge in [0.1, 0.15) is 6.07 Å². The lowest BCUT2D eigenvalue weighted by Gasteiger charge is -2.22. The Morgan fingerprint density at radius 1 is 1.44 bits per heavy atom. The topological polar surface area (TPSA) is 45.0 Å². The maximum absolute atomic E-state index is 13.7. The number of hydrogen-bond acceptors (Lipinski definition) is 3. The van der Waals surface area contributed by atoms with Gasteiger partial charge >= 0.3 is 0 Å². The van der Waals surface area contributed by atoms with Gasteiger partial charge < -0.3 is 10.1 Å². The van der Waals surface area contributed by atoms with E-state index in [0.29, 0.717) is 12.1 Å². The Balaban J connectivity index is 2.91. The third-order valence-corrected chi connectivity index (χ3v) is 2.33. The van der Waals surface area contributed by atoms with E-state index < -0.39 is 11.9 Å². The van der Waals surface area contributed by atoms with Crippen LogP contribution in [0.1, 0.15) is 33.3 Å². The predicted molar refractivity (Wildman–Crippen MR) is 68.7 cm³/mol. The van der Waals surface area contributed by atoms with E-state index in [1.165, 1.54) is 6.07 Å². The summed E-state index contributed by atoms with van der Waals surface area (Å²) < 4.78 is 19.0. The van der Waals surface area contributed by atoms with E-state index >= 15 is 0 Å². The lowest BCUT2D eigenvalue weighted by Crippen LogP contribution is -2.35. The summed E-state index contributed by atoms with van der Waals surface area (Å²) in [4.78, 5) is 0. The minimum Gasteiger partial charge on any atom is -0.472 e. The fourth-order valence-electron chi connectivity index (χ4n) is 1.39. The largest absolute Gasteiger partial charge is 0.472 e. The highest BCUT2D eigenvalue weighted by molar-refractivity contribution is 5.35. The molecule has 0 bridgehead atoms. The van der Waals surface area contributed by atoms with Gasteiger partial charge in [0.2, 0.25) is 0 Å². The molecule has 4 heteroatoms. The summed E-state index contributed by atoms with van der Waals surface area (Å²) in [5.41, 5.74) is 0.650. The number of nitrogens with zero attached hydrogens (tertiary/aromatic N) is 1. The zero-order valence-corrected chi connectivity index (χ0v) is 11.2. The van der Waals surface area contributed by atoms with E-state index in [1.807, 2.05) is 26.8 Å². The molecule has 0 aromatic heterocycles. The number of benzene rings is 1. The fourth-order valence-corrected chi connectivity index (χ4v) is 1.39. The number of hydrogen-bond donors (Lipinski definition) is 1. The first-order chi connectivity index (χ1) is 8.33. The van der Waals surface area contributed by atoms with Gasteiger partial charge in [0.05, 0.1) is 0 Å². The smallest absolute Gasteiger partial charge is 0.181 e. The van der Waals surface area contributed by atoms with Gasteiger partial charge in [-0.3, -0.25) is 0 Å². The van der Waals surface area contributed by atoms with Crippen molar-refractivity contribution in [2.24, 2.45) is 0 Å². The standard InChI is InChI=1S/C14H19FN2O/c1-10(8-16)18-13-11(6-5-7-12(13)15)9-17-14(2,3)4/h5-7,10,17H,9H2,1-4H3. The van der Waals surface area contributed by atoms with Gasteiger partial charge in [-0.05, 0) is 33.8 Å². The van der Waals surface area contributed by atoms with Crippen molar-refractivity contribution in [2.45, 2.75) is 45.9 Å². The lowest BCUT2D eigenvalue weighted by atomic mass is 10.1. The number of rotatable bonds is 4. The SMILES string of the molecule is CC(C#N)Oc1c(F)cccc1CNC(C)(C)C. The van der Waals surface area contributed by atoms with Gasteiger partial charge in [0.15, 0.2) is 17.7 Å². The van der Waals surface area contributed by atoms with Crippen molar-refractivity contribution in [1.29, 1.82) is 5.26 Å². The van der Waals surface area contributed by atoms with Crippen molar-refractivity contribution in [3.05, 3.63) is 29.6 Å². The van der Waals surface area contributed by atoms with E-state index in [2.05, 4.69) is 5.32 Å². The molecule has 0 fully saturated rings. The number of para-hydroxylation sites is 1. The molecule has 1 atom stereocenters. The van der Waals surface area contributed by atoms with Crippen LogP contribution in [0.4, 0.5) is 4.39 Å². The van der Waals surface area contributed by atoms with Crippen molar-refractivity contribution >= 4 is 0 Å². The first-order valence-electron chi connectivity index (χ1n) is 5.92. The summed E-state index contributed by atoms with van der Waals surface area (Å²) in [6.45, 7) is 8.18. The van der Waals surface area contributed by atoms with E-state index in [0.717, 1.165) is 0 Å². The van der Waals surface area contributed by atoms with Gasteiger partial charge in [0, 0.05) is 17.6 Å². The average Bonchev–Trinajstić information content (AvgIpc) is 2.28. The molecule has 1 rings (SSSR count). The van der Waals surface area contributed by atoms with Gasteiger partial charge in [-0.25, -0.2) is 4.39 Å². The summed E-state index contributed by atoms with van der Waals surface area (Å²) in [6.07, 6.45) is -0.671. The van der Waals surface area contributed by atoms with Crippen LogP contribution in [-0.4, -0.2) is 11.6 Å². The van der Waals surface area contributed by atoms with Crippen LogP contribution in [0.25, 0.3) is 0 Å². The second kappa shape index (κ2) is 5.83. The molecule has 0 saturated heterocycles. The maximum atomic E-state index is 13.7. The van der Waals surface area contributed by atoms with Crippen molar-refractivity contribution < 1.29 is 9.13 Å². The quantitative estimate of drug-likeness (QED) is 0.893. The van der Waals surface area contributed by atoms with E-state index in [-0.39, 0.29) is 11.3 Å². The Morgan fingerprint density at radius 3 is 2.67 bits per heavy atom. The number of halogens is 1. The summed E-state index contributed by atoms with van der Waals surface area (Å²) in [5, 5.41) is 12.0. The minimum absolute atomic E-state index is 0.0650. The van der Waals surface area contributed by atoms with Gasteiger partial charge in [0.25, 0.3) is 0 Å². The lowest BCUT2D eigenvalue weighted by molar-refractivity contribution is 0.258. The van der Waals surface area contributed by atoms with Crippen LogP contribution >= 0.6 is 0 Å². The van der Waals surface area contributed by atoms with Crippen LogP contribution in [-0.2, 0) is 6.54 Å². The molecule has 0 radical (unpaired) electrons. The van der Waals surface area contributed by atoms with Crippen LogP contribution < -0.4 is 10.1 Å². The molecule has 0 saturated carbocycles. The summed E-state index contributed by atoms with van der Waals surface area (Å²) >= 11 is 0. The van der Waals surface area contributed by atoms with Crippen molar-refractivity contribution in [2.75, 3.05) is 0 Å². The molecule has 1 aromatic carbocycles. The van der Waals surface area contributed by atoms with Crippen LogP contribution in [0.15, 0.2) is 18.2 Å². The monoisotopic (exact) mass is 250 g/mol. The average molecular weight is 250 g/mol. The third kappa shape index (κ3) is 4.34. The molecule has 1 aromatic rings. The summed E-state index contributed by atoms with van der Waals surface area (Å²) in [5.74, 6) is -0.284. The normalized spacial score (nSPS) is 12.9. The van der Waals surface area contributed by atoms with Gasteiger partial charge in [-0.15, -0.1) is 0 Å². The molecular formula is C14H19FN2O. The minimum atomic E-state index is -0.671. The Morgan fingerprint density at radius 2 is 2.11 bits per heavy atom. The van der Waals surface area contributed by atoms with Crippen molar-refractivity contribution in [3.63, 3.8) is 0 Å². The highest BCUT2D eigenvalue weighted by Crippen LogP contribution is 2.24. The van der Waals surface area contributed by atoms with Gasteiger partial charge in [-0.2, -0.15) is 5.26 Å². The maximum Gasteiger partial charge on any atom is 0.181 e. The third-order valence-electron chi connectivity index (χ3n) is 2.33. The fraction of sp³-hybridized carbons (Fsp3) is 0.500. The Kier molecular flexibility index (Phi) is 4.69. The van der Waals surface area contributed by atoms with Crippen molar-refractivity contribution in [1.82, 2.24) is 5.32 Å². The van der Waals surface area contributed by atoms with Crippen LogP contribution in [0, 0.1) is 17.1 Å². The Bertz CT molecular complexity index is 446. The van der Waals surface area contributed by atoms with Crippen LogP contribution in [0.3, 0.4) is 0 Å². The first-order valence-corrected chi connectivity index (χ1v) is 5.92. The van der Waals surface area contributed by atoms with E-state index in [9.17, 15) is 4.39 Å². The molecule has 18 heavy (non-hydrogen) atoms. The molecule has 0 amide bonds. The highest BCUT2D eigenvalue weighted by atomic mass is 19.1. The molecule has 0 aliphatic heterocycles. The summed E-state index contributed by atoms with van der Waals surface area (Å²) in [7, 11) is 0. The molecule has 1 N–H and O–H groups in total. The first kappa shape index (κ1) is 14.5. The molecule has 0 aliphatic rings. The number of nitriles is 1. The highest BCUT2D eigenvalue weighted by Gasteiger charge is 2.15. The molecule has 3 nitrogen and oxygen atoms in total. The molecular weight excluding hydrogens is 231 g/mol.